The molecule has 2 aromatic rings. The van der Waals surface area contributed by atoms with Gasteiger partial charge in [0.2, 0.25) is 0 Å². The van der Waals surface area contributed by atoms with Crippen LogP contribution in [0.5, 0.6) is 0 Å². The SMILES string of the molecule is N#Cc1ccnc(N2CCC(N3CC(=O)N(c4ccccc4)C3=O)CC2)c1. The predicted octanol–water partition coefficient (Wildman–Crippen LogP) is 2.39. The highest BCUT2D eigenvalue weighted by atomic mass is 16.2. The van der Waals surface area contributed by atoms with E-state index in [1.807, 2.05) is 18.2 Å². The minimum absolute atomic E-state index is 0.0329. The number of hydrogen-bond acceptors (Lipinski definition) is 5. The summed E-state index contributed by atoms with van der Waals surface area (Å²) >= 11 is 0. The molecule has 136 valence electrons. The topological polar surface area (TPSA) is 80.5 Å². The van der Waals surface area contributed by atoms with Gasteiger partial charge >= 0.3 is 6.03 Å². The Labute approximate surface area is 157 Å². The maximum absolute atomic E-state index is 12.8. The Hall–Kier alpha value is -3.40. The Morgan fingerprint density at radius 3 is 2.52 bits per heavy atom. The third-order valence-electron chi connectivity index (χ3n) is 5.11. The van der Waals surface area contributed by atoms with Crippen LogP contribution in [0.2, 0.25) is 0 Å². The Balaban J connectivity index is 1.43. The lowest BCUT2D eigenvalue weighted by Crippen LogP contribution is -2.46. The van der Waals surface area contributed by atoms with Crippen molar-refractivity contribution in [3.63, 3.8) is 0 Å². The number of hydrogen-bond donors (Lipinski definition) is 0. The van der Waals surface area contributed by atoms with Gasteiger partial charge in [-0.3, -0.25) is 4.79 Å². The molecule has 2 saturated heterocycles. The van der Waals surface area contributed by atoms with Gasteiger partial charge in [0.15, 0.2) is 0 Å². The fraction of sp³-hybridized carbons (Fsp3) is 0.300. The molecule has 0 atom stereocenters. The molecule has 2 fully saturated rings. The number of aromatic nitrogens is 1. The van der Waals surface area contributed by atoms with Gasteiger partial charge in [-0.05, 0) is 37.1 Å². The predicted molar refractivity (Wildman–Crippen MR) is 100 cm³/mol. The Bertz CT molecular complexity index is 900. The number of pyridine rings is 1. The molecule has 0 N–H and O–H groups in total. The number of anilines is 2. The molecule has 3 heterocycles. The molecular weight excluding hydrogens is 342 g/mol. The monoisotopic (exact) mass is 361 g/mol. The largest absolute Gasteiger partial charge is 0.356 e. The summed E-state index contributed by atoms with van der Waals surface area (Å²) in [7, 11) is 0. The molecule has 0 aliphatic carbocycles. The van der Waals surface area contributed by atoms with Crippen LogP contribution >= 0.6 is 0 Å². The molecular formula is C20H19N5O2. The van der Waals surface area contributed by atoms with Crippen LogP contribution in [-0.4, -0.2) is 47.5 Å². The number of urea groups is 1. The quantitative estimate of drug-likeness (QED) is 0.784. The number of carbonyl (C=O) groups excluding carboxylic acids is 2. The first kappa shape index (κ1) is 17.0. The van der Waals surface area contributed by atoms with E-state index in [2.05, 4.69) is 16.0 Å². The molecule has 27 heavy (non-hydrogen) atoms. The minimum Gasteiger partial charge on any atom is -0.356 e. The third-order valence-corrected chi connectivity index (χ3v) is 5.11. The summed E-state index contributed by atoms with van der Waals surface area (Å²) in [4.78, 5) is 34.6. The summed E-state index contributed by atoms with van der Waals surface area (Å²) < 4.78 is 0. The van der Waals surface area contributed by atoms with Crippen molar-refractivity contribution in [1.29, 1.82) is 5.26 Å². The van der Waals surface area contributed by atoms with E-state index in [4.69, 9.17) is 5.26 Å². The summed E-state index contributed by atoms with van der Waals surface area (Å²) in [5.74, 6) is 0.597. The molecule has 1 aromatic carbocycles. The maximum Gasteiger partial charge on any atom is 0.332 e. The van der Waals surface area contributed by atoms with E-state index in [0.29, 0.717) is 11.3 Å². The van der Waals surface area contributed by atoms with Crippen molar-refractivity contribution in [2.24, 2.45) is 0 Å². The number of nitriles is 1. The summed E-state index contributed by atoms with van der Waals surface area (Å²) in [5, 5.41) is 9.04. The second kappa shape index (κ2) is 7.08. The van der Waals surface area contributed by atoms with Crippen LogP contribution in [0.1, 0.15) is 18.4 Å². The van der Waals surface area contributed by atoms with Gasteiger partial charge in [0.25, 0.3) is 5.91 Å². The molecule has 1 aromatic heterocycles. The van der Waals surface area contributed by atoms with Crippen LogP contribution in [0, 0.1) is 11.3 Å². The molecule has 4 rings (SSSR count). The van der Waals surface area contributed by atoms with Gasteiger partial charge < -0.3 is 9.80 Å². The van der Waals surface area contributed by atoms with Crippen molar-refractivity contribution >= 4 is 23.4 Å². The molecule has 0 unspecified atom stereocenters. The van der Waals surface area contributed by atoms with Gasteiger partial charge in [0.05, 0.1) is 17.3 Å². The number of carbonyl (C=O) groups is 2. The summed E-state index contributed by atoms with van der Waals surface area (Å²) in [6.07, 6.45) is 3.17. The van der Waals surface area contributed by atoms with Crippen molar-refractivity contribution in [2.75, 3.05) is 29.4 Å². The number of imide groups is 1. The molecule has 0 spiro atoms. The van der Waals surface area contributed by atoms with Crippen molar-refractivity contribution in [3.05, 3.63) is 54.2 Å². The minimum atomic E-state index is -0.241. The lowest BCUT2D eigenvalue weighted by molar-refractivity contribution is -0.116. The van der Waals surface area contributed by atoms with Crippen LogP contribution in [0.4, 0.5) is 16.3 Å². The second-order valence-corrected chi connectivity index (χ2v) is 6.71. The Morgan fingerprint density at radius 2 is 1.81 bits per heavy atom. The van der Waals surface area contributed by atoms with E-state index in [1.54, 1.807) is 35.4 Å². The van der Waals surface area contributed by atoms with Crippen LogP contribution < -0.4 is 9.80 Å². The van der Waals surface area contributed by atoms with Gasteiger partial charge in [0, 0.05) is 25.3 Å². The first-order valence-electron chi connectivity index (χ1n) is 8.97. The lowest BCUT2D eigenvalue weighted by Gasteiger charge is -2.36. The van der Waals surface area contributed by atoms with Gasteiger partial charge in [-0.1, -0.05) is 18.2 Å². The third kappa shape index (κ3) is 3.22. The van der Waals surface area contributed by atoms with Crippen molar-refractivity contribution < 1.29 is 9.59 Å². The number of nitrogens with zero attached hydrogens (tertiary/aromatic N) is 5. The Kier molecular flexibility index (Phi) is 4.47. The summed E-state index contributed by atoms with van der Waals surface area (Å²) in [5.41, 5.74) is 1.20. The zero-order valence-electron chi connectivity index (χ0n) is 14.8. The second-order valence-electron chi connectivity index (χ2n) is 6.71. The normalized spacial score (nSPS) is 18.1. The van der Waals surface area contributed by atoms with Gasteiger partial charge in [-0.2, -0.15) is 5.26 Å². The first-order chi connectivity index (χ1) is 13.2. The molecule has 7 heteroatoms. The van der Waals surface area contributed by atoms with Gasteiger partial charge in [-0.15, -0.1) is 0 Å². The van der Waals surface area contributed by atoms with Gasteiger partial charge in [0.1, 0.15) is 12.4 Å². The van der Waals surface area contributed by atoms with Crippen molar-refractivity contribution in [3.8, 4) is 6.07 Å². The van der Waals surface area contributed by atoms with Crippen LogP contribution in [0.3, 0.4) is 0 Å². The smallest absolute Gasteiger partial charge is 0.332 e. The average molecular weight is 361 g/mol. The van der Waals surface area contributed by atoms with E-state index in [0.717, 1.165) is 31.7 Å². The maximum atomic E-state index is 12.8. The zero-order valence-corrected chi connectivity index (χ0v) is 14.8. The number of amides is 3. The van der Waals surface area contributed by atoms with Crippen LogP contribution in [0.15, 0.2) is 48.7 Å². The highest BCUT2D eigenvalue weighted by molar-refractivity contribution is 6.19. The lowest BCUT2D eigenvalue weighted by atomic mass is 10.0. The number of benzene rings is 1. The Morgan fingerprint density at radius 1 is 1.07 bits per heavy atom. The number of rotatable bonds is 3. The van der Waals surface area contributed by atoms with Crippen molar-refractivity contribution in [2.45, 2.75) is 18.9 Å². The zero-order chi connectivity index (χ0) is 18.8. The van der Waals surface area contributed by atoms with E-state index in [-0.39, 0.29) is 24.5 Å². The molecule has 0 bridgehead atoms. The standard InChI is InChI=1S/C20H19N5O2/c21-13-15-6-9-22-18(12-15)23-10-7-16(8-11-23)24-14-19(26)25(20(24)27)17-4-2-1-3-5-17/h1-6,9,12,16H,7-8,10-11,14H2. The van der Waals surface area contributed by atoms with E-state index in [9.17, 15) is 9.59 Å². The van der Waals surface area contributed by atoms with Crippen LogP contribution in [0.25, 0.3) is 0 Å². The molecule has 0 saturated carbocycles. The van der Waals surface area contributed by atoms with E-state index in [1.165, 1.54) is 4.90 Å². The highest BCUT2D eigenvalue weighted by Crippen LogP contribution is 2.27. The van der Waals surface area contributed by atoms with E-state index < -0.39 is 0 Å². The molecule has 3 amide bonds. The van der Waals surface area contributed by atoms with E-state index >= 15 is 0 Å². The molecule has 0 radical (unpaired) electrons. The fourth-order valence-corrected chi connectivity index (χ4v) is 3.70. The van der Waals surface area contributed by atoms with Crippen LogP contribution in [-0.2, 0) is 4.79 Å². The summed E-state index contributed by atoms with van der Waals surface area (Å²) in [6.45, 7) is 1.59. The highest BCUT2D eigenvalue weighted by Gasteiger charge is 2.41. The number of piperidine rings is 1. The fourth-order valence-electron chi connectivity index (χ4n) is 3.70. The number of para-hydroxylation sites is 1. The van der Waals surface area contributed by atoms with Crippen molar-refractivity contribution in [1.82, 2.24) is 9.88 Å². The van der Waals surface area contributed by atoms with Gasteiger partial charge in [-0.25, -0.2) is 14.7 Å². The molecule has 2 aliphatic rings. The summed E-state index contributed by atoms with van der Waals surface area (Å²) in [6, 6.07) is 14.4. The molecule has 7 nitrogen and oxygen atoms in total. The average Bonchev–Trinajstić information content (AvgIpc) is 3.03. The molecule has 2 aliphatic heterocycles. The first-order valence-corrected chi connectivity index (χ1v) is 8.97.